The number of halogens is 3. The van der Waals surface area contributed by atoms with Gasteiger partial charge in [0.1, 0.15) is 5.82 Å². The maximum absolute atomic E-state index is 12.6. The molecule has 0 saturated heterocycles. The van der Waals surface area contributed by atoms with Gasteiger partial charge in [0.2, 0.25) is 0 Å². The van der Waals surface area contributed by atoms with E-state index in [0.717, 1.165) is 0 Å². The zero-order valence-electron chi connectivity index (χ0n) is 5.29. The molecule has 0 heterocycles. The molecule has 0 aliphatic carbocycles. The summed E-state index contributed by atoms with van der Waals surface area (Å²) in [6, 6.07) is 2.81. The topological polar surface area (TPSA) is 0 Å². The Labute approximate surface area is 68.6 Å². The van der Waals surface area contributed by atoms with Crippen LogP contribution < -0.4 is 0 Å². The van der Waals surface area contributed by atoms with Crippen molar-refractivity contribution in [2.45, 2.75) is 6.92 Å². The van der Waals surface area contributed by atoms with Gasteiger partial charge in [-0.3, -0.25) is 0 Å². The first kappa shape index (κ1) is 7.83. The van der Waals surface area contributed by atoms with E-state index in [4.69, 9.17) is 23.2 Å². The number of rotatable bonds is 0. The van der Waals surface area contributed by atoms with Gasteiger partial charge in [0.05, 0.1) is 5.02 Å². The van der Waals surface area contributed by atoms with Crippen molar-refractivity contribution < 1.29 is 4.39 Å². The van der Waals surface area contributed by atoms with Gasteiger partial charge in [-0.25, -0.2) is 4.39 Å². The van der Waals surface area contributed by atoms with Crippen LogP contribution in [0.4, 0.5) is 4.39 Å². The van der Waals surface area contributed by atoms with Gasteiger partial charge in [-0.15, -0.1) is 0 Å². The fourth-order valence-electron chi connectivity index (χ4n) is 0.685. The van der Waals surface area contributed by atoms with Gasteiger partial charge in [0.25, 0.3) is 0 Å². The third-order valence-electron chi connectivity index (χ3n) is 1.17. The summed E-state index contributed by atoms with van der Waals surface area (Å²) in [5.41, 5.74) is 0.659. The third kappa shape index (κ3) is 1.41. The Balaban J connectivity index is 3.31. The van der Waals surface area contributed by atoms with Gasteiger partial charge in [-0.1, -0.05) is 23.2 Å². The van der Waals surface area contributed by atoms with Crippen LogP contribution >= 0.6 is 23.2 Å². The average molecular weight is 179 g/mol. The molecular formula is C7H5Cl2F. The smallest absolute Gasteiger partial charge is 0.143 e. The van der Waals surface area contributed by atoms with Crippen LogP contribution in [-0.2, 0) is 0 Å². The molecule has 0 aliphatic rings. The summed E-state index contributed by atoms with van der Waals surface area (Å²) in [6.45, 7) is 1.71. The van der Waals surface area contributed by atoms with Crippen molar-refractivity contribution >= 4 is 23.2 Å². The van der Waals surface area contributed by atoms with Gasteiger partial charge in [-0.2, -0.15) is 0 Å². The first-order chi connectivity index (χ1) is 4.61. The van der Waals surface area contributed by atoms with Gasteiger partial charge >= 0.3 is 0 Å². The van der Waals surface area contributed by atoms with Crippen molar-refractivity contribution in [1.29, 1.82) is 0 Å². The van der Waals surface area contributed by atoms with E-state index in [-0.39, 0.29) is 5.02 Å². The Kier molecular flexibility index (Phi) is 2.17. The van der Waals surface area contributed by atoms with Gasteiger partial charge < -0.3 is 0 Å². The fourth-order valence-corrected chi connectivity index (χ4v) is 1.05. The SMILES string of the molecule is Cc1cc(Cl)cc(F)c1Cl. The first-order valence-corrected chi connectivity index (χ1v) is 3.48. The Hall–Kier alpha value is -0.270. The van der Waals surface area contributed by atoms with Crippen molar-refractivity contribution in [3.05, 3.63) is 33.6 Å². The molecule has 1 aromatic carbocycles. The molecule has 10 heavy (non-hydrogen) atoms. The Morgan fingerprint density at radius 3 is 2.40 bits per heavy atom. The molecule has 0 radical (unpaired) electrons. The van der Waals surface area contributed by atoms with Crippen LogP contribution in [0.3, 0.4) is 0 Å². The zero-order chi connectivity index (χ0) is 7.72. The van der Waals surface area contributed by atoms with Crippen molar-refractivity contribution in [2.24, 2.45) is 0 Å². The maximum atomic E-state index is 12.6. The minimum absolute atomic E-state index is 0.143. The van der Waals surface area contributed by atoms with Crippen LogP contribution in [0.5, 0.6) is 0 Å². The van der Waals surface area contributed by atoms with E-state index in [2.05, 4.69) is 0 Å². The van der Waals surface area contributed by atoms with E-state index in [1.54, 1.807) is 13.0 Å². The molecule has 0 amide bonds. The van der Waals surface area contributed by atoms with E-state index in [0.29, 0.717) is 10.6 Å². The minimum atomic E-state index is -0.466. The van der Waals surface area contributed by atoms with E-state index < -0.39 is 5.82 Å². The lowest BCUT2D eigenvalue weighted by molar-refractivity contribution is 0.627. The molecule has 0 N–H and O–H groups in total. The fraction of sp³-hybridized carbons (Fsp3) is 0.143. The Morgan fingerprint density at radius 2 is 1.90 bits per heavy atom. The van der Waals surface area contributed by atoms with E-state index in [1.807, 2.05) is 0 Å². The van der Waals surface area contributed by atoms with Crippen LogP contribution in [0.2, 0.25) is 10.0 Å². The van der Waals surface area contributed by atoms with E-state index in [1.165, 1.54) is 6.07 Å². The molecule has 0 spiro atoms. The highest BCUT2D eigenvalue weighted by Gasteiger charge is 2.02. The minimum Gasteiger partial charge on any atom is -0.205 e. The summed E-state index contributed by atoms with van der Waals surface area (Å²) in [5.74, 6) is -0.466. The van der Waals surface area contributed by atoms with Gasteiger partial charge in [-0.05, 0) is 24.6 Å². The number of aryl methyl sites for hydroxylation is 1. The lowest BCUT2D eigenvalue weighted by atomic mass is 10.2. The molecule has 1 aromatic rings. The average Bonchev–Trinajstić information content (AvgIpc) is 1.82. The highest BCUT2D eigenvalue weighted by molar-refractivity contribution is 6.33. The predicted octanol–water partition coefficient (Wildman–Crippen LogP) is 3.44. The van der Waals surface area contributed by atoms with Gasteiger partial charge in [0, 0.05) is 5.02 Å². The number of hydrogen-bond donors (Lipinski definition) is 0. The summed E-state index contributed by atoms with van der Waals surface area (Å²) in [6.07, 6.45) is 0. The van der Waals surface area contributed by atoms with Crippen molar-refractivity contribution in [2.75, 3.05) is 0 Å². The quantitative estimate of drug-likeness (QED) is 0.535. The van der Waals surface area contributed by atoms with Crippen molar-refractivity contribution in [3.63, 3.8) is 0 Å². The summed E-state index contributed by atoms with van der Waals surface area (Å²) >= 11 is 11.0. The maximum Gasteiger partial charge on any atom is 0.143 e. The molecule has 0 aliphatic heterocycles. The summed E-state index contributed by atoms with van der Waals surface area (Å²) in [5, 5.41) is 0.517. The molecule has 3 heteroatoms. The second kappa shape index (κ2) is 2.77. The first-order valence-electron chi connectivity index (χ1n) is 2.72. The molecule has 0 atom stereocenters. The third-order valence-corrected chi connectivity index (χ3v) is 1.87. The molecule has 0 unspecified atom stereocenters. The normalized spacial score (nSPS) is 10.0. The second-order valence-electron chi connectivity index (χ2n) is 2.02. The summed E-state index contributed by atoms with van der Waals surface area (Å²) < 4.78 is 12.6. The lowest BCUT2D eigenvalue weighted by Crippen LogP contribution is -1.80. The highest BCUT2D eigenvalue weighted by atomic mass is 35.5. The van der Waals surface area contributed by atoms with Crippen LogP contribution in [0.1, 0.15) is 5.56 Å². The molecule has 0 bridgehead atoms. The van der Waals surface area contributed by atoms with Crippen LogP contribution in [0.25, 0.3) is 0 Å². The van der Waals surface area contributed by atoms with Gasteiger partial charge in [0.15, 0.2) is 0 Å². The number of hydrogen-bond acceptors (Lipinski definition) is 0. The molecule has 1 rings (SSSR count). The Bertz CT molecular complexity index is 235. The highest BCUT2D eigenvalue weighted by Crippen LogP contribution is 2.23. The molecule has 0 fully saturated rings. The largest absolute Gasteiger partial charge is 0.205 e. The van der Waals surface area contributed by atoms with Crippen LogP contribution in [-0.4, -0.2) is 0 Å². The van der Waals surface area contributed by atoms with E-state index in [9.17, 15) is 4.39 Å². The molecule has 54 valence electrons. The summed E-state index contributed by atoms with van der Waals surface area (Å²) in [7, 11) is 0. The standard InChI is InChI=1S/C7H5Cl2F/c1-4-2-5(8)3-6(10)7(4)9/h2-3H,1H3. The molecule has 0 aromatic heterocycles. The number of benzene rings is 1. The Morgan fingerprint density at radius 1 is 1.30 bits per heavy atom. The molecule has 0 saturated carbocycles. The predicted molar refractivity (Wildman–Crippen MR) is 41.2 cm³/mol. The lowest BCUT2D eigenvalue weighted by Gasteiger charge is -1.98. The monoisotopic (exact) mass is 178 g/mol. The molecule has 0 nitrogen and oxygen atoms in total. The summed E-state index contributed by atoms with van der Waals surface area (Å²) in [4.78, 5) is 0. The van der Waals surface area contributed by atoms with Crippen molar-refractivity contribution in [1.82, 2.24) is 0 Å². The zero-order valence-corrected chi connectivity index (χ0v) is 6.80. The van der Waals surface area contributed by atoms with Crippen LogP contribution in [0, 0.1) is 12.7 Å². The van der Waals surface area contributed by atoms with Crippen LogP contribution in [0.15, 0.2) is 12.1 Å². The van der Waals surface area contributed by atoms with E-state index >= 15 is 0 Å². The molecular weight excluding hydrogens is 174 g/mol. The second-order valence-corrected chi connectivity index (χ2v) is 2.83. The van der Waals surface area contributed by atoms with Crippen molar-refractivity contribution in [3.8, 4) is 0 Å².